The number of para-hydroxylation sites is 2. The SMILES string of the molecule is CCc1ccccc1OCC(=O)Nc1ccccc1SCc1cc(=O)n2cccc(C)c2n1. The summed E-state index contributed by atoms with van der Waals surface area (Å²) < 4.78 is 7.28. The molecule has 0 saturated carbocycles. The molecule has 2 aromatic heterocycles. The molecule has 0 radical (unpaired) electrons. The van der Waals surface area contributed by atoms with Gasteiger partial charge in [-0.1, -0.05) is 43.3 Å². The van der Waals surface area contributed by atoms with Gasteiger partial charge < -0.3 is 10.1 Å². The summed E-state index contributed by atoms with van der Waals surface area (Å²) in [6.07, 6.45) is 2.56. The molecule has 7 heteroatoms. The maximum atomic E-state index is 12.5. The summed E-state index contributed by atoms with van der Waals surface area (Å²) in [5.41, 5.74) is 3.96. The van der Waals surface area contributed by atoms with E-state index in [2.05, 4.69) is 17.2 Å². The molecule has 4 aromatic rings. The van der Waals surface area contributed by atoms with Crippen molar-refractivity contribution in [2.24, 2.45) is 0 Å². The molecule has 4 rings (SSSR count). The molecule has 0 atom stereocenters. The Balaban J connectivity index is 1.43. The lowest BCUT2D eigenvalue weighted by atomic mass is 10.1. The summed E-state index contributed by atoms with van der Waals surface area (Å²) >= 11 is 1.52. The van der Waals surface area contributed by atoms with Crippen LogP contribution in [0.2, 0.25) is 0 Å². The molecule has 0 aliphatic carbocycles. The molecule has 0 spiro atoms. The van der Waals surface area contributed by atoms with Crippen molar-refractivity contribution >= 4 is 29.0 Å². The van der Waals surface area contributed by atoms with Gasteiger partial charge in [-0.05, 0) is 48.7 Å². The van der Waals surface area contributed by atoms with Crippen LogP contribution in [-0.4, -0.2) is 21.9 Å². The Bertz CT molecular complexity index is 1350. The Hall–Kier alpha value is -3.58. The first kappa shape index (κ1) is 22.6. The molecule has 1 N–H and O–H groups in total. The second kappa shape index (κ2) is 10.4. The number of aromatic nitrogens is 2. The number of hydrogen-bond acceptors (Lipinski definition) is 5. The molecule has 168 valence electrons. The third kappa shape index (κ3) is 5.43. The Labute approximate surface area is 196 Å². The van der Waals surface area contributed by atoms with Gasteiger partial charge in [-0.3, -0.25) is 14.0 Å². The highest BCUT2D eigenvalue weighted by atomic mass is 32.2. The molecule has 0 saturated heterocycles. The first-order valence-electron chi connectivity index (χ1n) is 10.8. The lowest BCUT2D eigenvalue weighted by Gasteiger charge is -2.13. The van der Waals surface area contributed by atoms with E-state index in [0.717, 1.165) is 28.2 Å². The molecular formula is C26H25N3O3S. The van der Waals surface area contributed by atoms with E-state index in [1.54, 1.807) is 16.7 Å². The number of pyridine rings is 1. The smallest absolute Gasteiger partial charge is 0.262 e. The number of carbonyl (C=O) groups is 1. The highest BCUT2D eigenvalue weighted by molar-refractivity contribution is 7.98. The van der Waals surface area contributed by atoms with Crippen molar-refractivity contribution in [3.63, 3.8) is 0 Å². The standard InChI is InChI=1S/C26H25N3O3S/c1-3-19-10-4-6-12-22(19)32-16-24(30)28-21-11-5-7-13-23(21)33-17-20-15-25(31)29-14-8-9-18(2)26(29)27-20/h4-15H,3,16-17H2,1-2H3,(H,28,30). The zero-order valence-electron chi connectivity index (χ0n) is 18.6. The highest BCUT2D eigenvalue weighted by Crippen LogP contribution is 2.29. The Morgan fingerprint density at radius 3 is 2.73 bits per heavy atom. The fourth-order valence-electron chi connectivity index (χ4n) is 3.50. The predicted molar refractivity (Wildman–Crippen MR) is 132 cm³/mol. The van der Waals surface area contributed by atoms with Crippen molar-refractivity contribution in [3.8, 4) is 5.75 Å². The van der Waals surface area contributed by atoms with E-state index in [9.17, 15) is 9.59 Å². The monoisotopic (exact) mass is 459 g/mol. The van der Waals surface area contributed by atoms with Gasteiger partial charge in [0.1, 0.15) is 11.4 Å². The zero-order valence-corrected chi connectivity index (χ0v) is 19.4. The molecule has 0 fully saturated rings. The minimum atomic E-state index is -0.230. The van der Waals surface area contributed by atoms with Gasteiger partial charge in [0, 0.05) is 22.9 Å². The van der Waals surface area contributed by atoms with Crippen molar-refractivity contribution in [2.75, 3.05) is 11.9 Å². The molecule has 0 aliphatic rings. The molecule has 2 aromatic carbocycles. The summed E-state index contributed by atoms with van der Waals surface area (Å²) in [4.78, 5) is 30.5. The summed E-state index contributed by atoms with van der Waals surface area (Å²) in [5, 5.41) is 2.93. The third-order valence-electron chi connectivity index (χ3n) is 5.19. The van der Waals surface area contributed by atoms with Crippen LogP contribution in [0.15, 0.2) is 82.6 Å². The van der Waals surface area contributed by atoms with Crippen molar-refractivity contribution in [1.82, 2.24) is 9.38 Å². The third-order valence-corrected chi connectivity index (χ3v) is 6.30. The first-order valence-corrected chi connectivity index (χ1v) is 11.7. The molecule has 6 nitrogen and oxygen atoms in total. The number of anilines is 1. The molecule has 0 aliphatic heterocycles. The van der Waals surface area contributed by atoms with Crippen molar-refractivity contribution in [1.29, 1.82) is 0 Å². The fourth-order valence-corrected chi connectivity index (χ4v) is 4.40. The number of thioether (sulfide) groups is 1. The van der Waals surface area contributed by atoms with Gasteiger partial charge >= 0.3 is 0 Å². The summed E-state index contributed by atoms with van der Waals surface area (Å²) in [5.74, 6) is 1.00. The lowest BCUT2D eigenvalue weighted by Crippen LogP contribution is -2.20. The number of rotatable bonds is 8. The molecular weight excluding hydrogens is 434 g/mol. The van der Waals surface area contributed by atoms with E-state index < -0.39 is 0 Å². The van der Waals surface area contributed by atoms with E-state index in [1.807, 2.05) is 67.6 Å². The van der Waals surface area contributed by atoms with Crippen LogP contribution in [0.5, 0.6) is 5.75 Å². The zero-order chi connectivity index (χ0) is 23.2. The van der Waals surface area contributed by atoms with Gasteiger partial charge in [0.05, 0.1) is 11.4 Å². The van der Waals surface area contributed by atoms with Crippen molar-refractivity contribution in [2.45, 2.75) is 30.9 Å². The van der Waals surface area contributed by atoms with E-state index in [1.165, 1.54) is 11.8 Å². The van der Waals surface area contributed by atoms with Crippen LogP contribution in [0.25, 0.3) is 5.65 Å². The Kier molecular flexibility index (Phi) is 7.10. The Morgan fingerprint density at radius 2 is 1.88 bits per heavy atom. The van der Waals surface area contributed by atoms with Crippen molar-refractivity contribution in [3.05, 3.63) is 100 Å². The van der Waals surface area contributed by atoms with Crippen molar-refractivity contribution < 1.29 is 9.53 Å². The number of benzene rings is 2. The van der Waals surface area contributed by atoms with E-state index in [-0.39, 0.29) is 18.1 Å². The molecule has 0 unspecified atom stereocenters. The topological polar surface area (TPSA) is 72.7 Å². The second-order valence-electron chi connectivity index (χ2n) is 7.55. The highest BCUT2D eigenvalue weighted by Gasteiger charge is 2.11. The fraction of sp³-hybridized carbons (Fsp3) is 0.192. The number of nitrogens with zero attached hydrogens (tertiary/aromatic N) is 2. The Morgan fingerprint density at radius 1 is 1.09 bits per heavy atom. The van der Waals surface area contributed by atoms with Gasteiger partial charge in [-0.2, -0.15) is 0 Å². The van der Waals surface area contributed by atoms with Crippen LogP contribution in [-0.2, 0) is 17.0 Å². The first-order chi connectivity index (χ1) is 16.0. The number of hydrogen-bond donors (Lipinski definition) is 1. The van der Waals surface area contributed by atoms with Crippen LogP contribution in [0.3, 0.4) is 0 Å². The number of ether oxygens (including phenoxy) is 1. The molecule has 33 heavy (non-hydrogen) atoms. The van der Waals surface area contributed by atoms with Crippen LogP contribution in [0.4, 0.5) is 5.69 Å². The number of nitrogens with one attached hydrogen (secondary N) is 1. The number of fused-ring (bicyclic) bond motifs is 1. The number of carbonyl (C=O) groups excluding carboxylic acids is 1. The number of amides is 1. The van der Waals surface area contributed by atoms with Gasteiger partial charge in [0.15, 0.2) is 6.61 Å². The maximum Gasteiger partial charge on any atom is 0.262 e. The van der Waals surface area contributed by atoms with E-state index in [0.29, 0.717) is 22.8 Å². The van der Waals surface area contributed by atoms with Gasteiger partial charge in [-0.25, -0.2) is 4.98 Å². The summed E-state index contributed by atoms with van der Waals surface area (Å²) in [7, 11) is 0. The second-order valence-corrected chi connectivity index (χ2v) is 8.57. The lowest BCUT2D eigenvalue weighted by molar-refractivity contribution is -0.118. The van der Waals surface area contributed by atoms with Crippen LogP contribution in [0, 0.1) is 6.92 Å². The van der Waals surface area contributed by atoms with Crippen LogP contribution < -0.4 is 15.6 Å². The maximum absolute atomic E-state index is 12.5. The average Bonchev–Trinajstić information content (AvgIpc) is 2.83. The molecule has 1 amide bonds. The van der Waals surface area contributed by atoms with E-state index >= 15 is 0 Å². The normalized spacial score (nSPS) is 10.8. The minimum Gasteiger partial charge on any atom is -0.483 e. The minimum absolute atomic E-state index is 0.0711. The van der Waals surface area contributed by atoms with Gasteiger partial charge in [0.2, 0.25) is 0 Å². The molecule has 0 bridgehead atoms. The van der Waals surface area contributed by atoms with Crippen LogP contribution >= 0.6 is 11.8 Å². The summed E-state index contributed by atoms with van der Waals surface area (Å²) in [6, 6.07) is 20.6. The summed E-state index contributed by atoms with van der Waals surface area (Å²) in [6.45, 7) is 3.92. The van der Waals surface area contributed by atoms with Gasteiger partial charge in [-0.15, -0.1) is 11.8 Å². The predicted octanol–water partition coefficient (Wildman–Crippen LogP) is 4.88. The molecule has 2 heterocycles. The largest absolute Gasteiger partial charge is 0.483 e. The average molecular weight is 460 g/mol. The van der Waals surface area contributed by atoms with Crippen LogP contribution in [0.1, 0.15) is 23.7 Å². The van der Waals surface area contributed by atoms with Gasteiger partial charge in [0.25, 0.3) is 11.5 Å². The number of aryl methyl sites for hydroxylation is 2. The quantitative estimate of drug-likeness (QED) is 0.381. The van der Waals surface area contributed by atoms with E-state index in [4.69, 9.17) is 4.74 Å².